The molecule has 0 unspecified atom stereocenters. The maximum atomic E-state index is 14.5. The van der Waals surface area contributed by atoms with Crippen molar-refractivity contribution >= 4 is 51.1 Å². The molecule has 5 aromatic carbocycles. The van der Waals surface area contributed by atoms with Crippen LogP contribution in [0.5, 0.6) is 5.75 Å². The number of benzene rings is 5. The van der Waals surface area contributed by atoms with E-state index in [1.165, 1.54) is 36.4 Å². The minimum atomic E-state index is -0.856. The van der Waals surface area contributed by atoms with Gasteiger partial charge < -0.3 is 4.74 Å². The lowest BCUT2D eigenvalue weighted by molar-refractivity contribution is -0.384. The Bertz CT molecular complexity index is 2210. The fraction of sp³-hybridized carbons (Fsp3) is 0.125. The summed E-state index contributed by atoms with van der Waals surface area (Å²) in [7, 11) is 0. The van der Waals surface area contributed by atoms with Crippen molar-refractivity contribution in [2.75, 3.05) is 6.54 Å². The second kappa shape index (κ2) is 12.8. The Labute approximate surface area is 304 Å². The molecule has 52 heavy (non-hydrogen) atoms. The number of amides is 3. The minimum Gasteiger partial charge on any atom is -0.423 e. The normalized spacial score (nSPS) is 19.4. The lowest BCUT2D eigenvalue weighted by Crippen LogP contribution is -2.52. The first-order valence-electron chi connectivity index (χ1n) is 16.3. The van der Waals surface area contributed by atoms with Crippen LogP contribution in [0, 0.1) is 22.0 Å². The van der Waals surface area contributed by atoms with Gasteiger partial charge in [0, 0.05) is 39.6 Å². The van der Waals surface area contributed by atoms with Crippen LogP contribution >= 0.6 is 15.9 Å². The molecular formula is C40H26BrN3O8. The third-order valence-corrected chi connectivity index (χ3v) is 10.5. The molecule has 1 aliphatic heterocycles. The number of carbonyl (C=O) groups excluding carboxylic acids is 5. The lowest BCUT2D eigenvalue weighted by Gasteiger charge is -2.45. The number of halogens is 1. The Kier molecular flexibility index (Phi) is 8.10. The molecule has 1 fully saturated rings. The molecule has 0 aromatic heterocycles. The number of esters is 1. The Morgan fingerprint density at radius 1 is 0.673 bits per heavy atom. The van der Waals surface area contributed by atoms with E-state index in [1.807, 2.05) is 48.5 Å². The van der Waals surface area contributed by atoms with Crippen molar-refractivity contribution in [1.29, 1.82) is 0 Å². The first kappa shape index (κ1) is 32.9. The maximum Gasteiger partial charge on any atom is 0.343 e. The SMILES string of the molecule is O=C(CN(C(=O)c1ccc([N+](=O)[O-])cc1)N1C(=O)[C@@H]2C3c4ccccc4C(c4ccccc43)[C@@H]2C1=O)c1ccc(OC(=O)c2ccc(Br)cc2)cc1. The van der Waals surface area contributed by atoms with E-state index < -0.39 is 64.6 Å². The van der Waals surface area contributed by atoms with E-state index in [0.29, 0.717) is 5.56 Å². The van der Waals surface area contributed by atoms with E-state index in [9.17, 15) is 34.1 Å². The van der Waals surface area contributed by atoms with Gasteiger partial charge in [0.2, 0.25) is 0 Å². The number of hydrogen-bond acceptors (Lipinski definition) is 8. The van der Waals surface area contributed by atoms with Crippen molar-refractivity contribution in [1.82, 2.24) is 10.0 Å². The second-order valence-corrected chi connectivity index (χ2v) is 13.7. The fourth-order valence-corrected chi connectivity index (χ4v) is 7.96. The number of ether oxygens (including phenoxy) is 1. The highest BCUT2D eigenvalue weighted by atomic mass is 79.9. The minimum absolute atomic E-state index is 0.0568. The van der Waals surface area contributed by atoms with Crippen LogP contribution in [0.15, 0.2) is 126 Å². The first-order chi connectivity index (χ1) is 25.1. The van der Waals surface area contributed by atoms with Crippen molar-refractivity contribution < 1.29 is 33.6 Å². The summed E-state index contributed by atoms with van der Waals surface area (Å²) in [5.74, 6) is -5.61. The zero-order valence-corrected chi connectivity index (χ0v) is 28.6. The number of rotatable bonds is 8. The van der Waals surface area contributed by atoms with Gasteiger partial charge in [-0.25, -0.2) is 9.80 Å². The number of imide groups is 1. The van der Waals surface area contributed by atoms with Crippen LogP contribution in [-0.4, -0.2) is 51.0 Å². The van der Waals surface area contributed by atoms with Crippen molar-refractivity contribution in [3.05, 3.63) is 175 Å². The topological polar surface area (TPSA) is 144 Å². The molecule has 5 aromatic rings. The Hall–Kier alpha value is -6.27. The average molecular weight is 757 g/mol. The van der Waals surface area contributed by atoms with Gasteiger partial charge >= 0.3 is 5.97 Å². The van der Waals surface area contributed by atoms with Gasteiger partial charge in [0.1, 0.15) is 12.3 Å². The Morgan fingerprint density at radius 3 is 1.62 bits per heavy atom. The van der Waals surface area contributed by atoms with E-state index >= 15 is 0 Å². The molecule has 3 aliphatic carbocycles. The zero-order chi connectivity index (χ0) is 36.3. The molecule has 11 nitrogen and oxygen atoms in total. The number of Topliss-reactive ketones (excluding diaryl/α,β-unsaturated/α-hetero) is 1. The van der Waals surface area contributed by atoms with E-state index in [1.54, 1.807) is 24.3 Å². The van der Waals surface area contributed by atoms with Crippen LogP contribution in [0.2, 0.25) is 0 Å². The number of ketones is 1. The number of nitro benzene ring substituents is 1. The third kappa shape index (κ3) is 5.39. The molecule has 4 aliphatic rings. The molecule has 2 bridgehead atoms. The van der Waals surface area contributed by atoms with Crippen molar-refractivity contribution in [2.45, 2.75) is 11.8 Å². The van der Waals surface area contributed by atoms with Crippen LogP contribution in [-0.2, 0) is 9.59 Å². The summed E-state index contributed by atoms with van der Waals surface area (Å²) >= 11 is 3.32. The Morgan fingerprint density at radius 2 is 1.13 bits per heavy atom. The number of hydrogen-bond donors (Lipinski definition) is 0. The molecule has 0 spiro atoms. The molecule has 12 heteroatoms. The molecule has 2 atom stereocenters. The third-order valence-electron chi connectivity index (χ3n) is 9.99. The van der Waals surface area contributed by atoms with Crippen LogP contribution < -0.4 is 4.74 Å². The number of non-ortho nitro benzene ring substituents is 1. The van der Waals surface area contributed by atoms with Gasteiger partial charge in [0.25, 0.3) is 23.4 Å². The summed E-state index contributed by atoms with van der Waals surface area (Å²) in [6, 6.07) is 32.5. The fourth-order valence-electron chi connectivity index (χ4n) is 7.70. The predicted octanol–water partition coefficient (Wildman–Crippen LogP) is 6.71. The monoisotopic (exact) mass is 755 g/mol. The maximum absolute atomic E-state index is 14.5. The predicted molar refractivity (Wildman–Crippen MR) is 189 cm³/mol. The number of hydrazine groups is 1. The number of nitro groups is 1. The molecule has 0 N–H and O–H groups in total. The molecule has 1 heterocycles. The Balaban J connectivity index is 1.12. The van der Waals surface area contributed by atoms with Crippen LogP contribution in [0.25, 0.3) is 0 Å². The summed E-state index contributed by atoms with van der Waals surface area (Å²) in [5, 5.41) is 13.0. The van der Waals surface area contributed by atoms with E-state index in [-0.39, 0.29) is 22.6 Å². The van der Waals surface area contributed by atoms with E-state index in [4.69, 9.17) is 4.74 Å². The molecular weight excluding hydrogens is 730 g/mol. The van der Waals surface area contributed by atoms with Crippen LogP contribution in [0.1, 0.15) is 65.2 Å². The highest BCUT2D eigenvalue weighted by Gasteiger charge is 2.63. The smallest absolute Gasteiger partial charge is 0.343 e. The molecule has 9 rings (SSSR count). The highest BCUT2D eigenvalue weighted by molar-refractivity contribution is 9.10. The summed E-state index contributed by atoms with van der Waals surface area (Å²) < 4.78 is 6.24. The van der Waals surface area contributed by atoms with Crippen molar-refractivity contribution in [3.63, 3.8) is 0 Å². The van der Waals surface area contributed by atoms with Gasteiger partial charge in [-0.1, -0.05) is 64.5 Å². The highest BCUT2D eigenvalue weighted by Crippen LogP contribution is 2.61. The van der Waals surface area contributed by atoms with E-state index in [2.05, 4.69) is 15.9 Å². The van der Waals surface area contributed by atoms with Crippen LogP contribution in [0.4, 0.5) is 5.69 Å². The lowest BCUT2D eigenvalue weighted by atomic mass is 9.55. The largest absolute Gasteiger partial charge is 0.423 e. The van der Waals surface area contributed by atoms with Crippen LogP contribution in [0.3, 0.4) is 0 Å². The van der Waals surface area contributed by atoms with Crippen molar-refractivity contribution in [3.8, 4) is 5.75 Å². The van der Waals surface area contributed by atoms with Gasteiger partial charge in [-0.05, 0) is 82.9 Å². The van der Waals surface area contributed by atoms with Gasteiger partial charge in [0.05, 0.1) is 22.3 Å². The van der Waals surface area contributed by atoms with Gasteiger partial charge in [-0.15, -0.1) is 0 Å². The van der Waals surface area contributed by atoms with Gasteiger partial charge in [0.15, 0.2) is 5.78 Å². The quantitative estimate of drug-likeness (QED) is 0.0425. The molecule has 256 valence electrons. The van der Waals surface area contributed by atoms with Gasteiger partial charge in [-0.3, -0.25) is 29.3 Å². The summed E-state index contributed by atoms with van der Waals surface area (Å²) in [5.41, 5.74) is 3.91. The summed E-state index contributed by atoms with van der Waals surface area (Å²) in [4.78, 5) is 80.5. The van der Waals surface area contributed by atoms with Gasteiger partial charge in [-0.2, -0.15) is 5.01 Å². The summed E-state index contributed by atoms with van der Waals surface area (Å²) in [6.07, 6.45) is 0. The van der Waals surface area contributed by atoms with E-state index in [0.717, 1.165) is 48.9 Å². The first-order valence-corrected chi connectivity index (χ1v) is 17.1. The molecule has 0 saturated carbocycles. The van der Waals surface area contributed by atoms with Crippen molar-refractivity contribution in [2.24, 2.45) is 11.8 Å². The number of carbonyl (C=O) groups is 5. The standard InChI is InChI=1S/C40H26BrN3O8/c41-25-15-9-24(10-16-25)40(49)52-27-19-13-22(14-20-27)32(45)21-42(37(46)23-11-17-26(18-12-23)44(50)51)43-38(47)35-33-28-5-1-2-6-29(28)34(36(35)39(43)48)31-8-4-3-7-30(31)33/h1-20,33-36H,21H2/t33?,34?,35-,36+. The molecule has 3 amide bonds. The molecule has 1 saturated heterocycles. The second-order valence-electron chi connectivity index (χ2n) is 12.8. The zero-order valence-electron chi connectivity index (χ0n) is 27.0. The summed E-state index contributed by atoms with van der Waals surface area (Å²) in [6.45, 7) is -0.694. The average Bonchev–Trinajstić information content (AvgIpc) is 3.43. The number of nitrogens with zero attached hydrogens (tertiary/aromatic N) is 3. The molecule has 0 radical (unpaired) electrons.